The van der Waals surface area contributed by atoms with Crippen LogP contribution in [0.1, 0.15) is 28.4 Å². The van der Waals surface area contributed by atoms with Gasteiger partial charge in [-0.3, -0.25) is 4.79 Å². The topological polar surface area (TPSA) is 89.6 Å². The molecule has 5 nitrogen and oxygen atoms in total. The molecule has 0 unspecified atom stereocenters. The van der Waals surface area contributed by atoms with Crippen molar-refractivity contribution in [2.24, 2.45) is 5.73 Å². The minimum absolute atomic E-state index is 0.275. The van der Waals surface area contributed by atoms with Crippen LogP contribution in [0.25, 0.3) is 11.1 Å². The molecule has 5 heteroatoms. The van der Waals surface area contributed by atoms with Crippen molar-refractivity contribution >= 4 is 11.9 Å². The molecule has 0 saturated carbocycles. The normalized spacial score (nSPS) is 11.8. The number of hydrogen-bond acceptors (Lipinski definition) is 4. The number of benzene rings is 2. The maximum Gasteiger partial charge on any atom is 0.338 e. The first-order valence-corrected chi connectivity index (χ1v) is 7.78. The van der Waals surface area contributed by atoms with Gasteiger partial charge in [0, 0.05) is 0 Å². The Balaban J connectivity index is 2.27. The molecule has 0 aliphatic rings. The zero-order valence-corrected chi connectivity index (χ0v) is 13.8. The van der Waals surface area contributed by atoms with Gasteiger partial charge >= 0.3 is 11.9 Å². The molecule has 0 heterocycles. The lowest BCUT2D eigenvalue weighted by atomic mass is 9.95. The Morgan fingerprint density at radius 1 is 1.17 bits per heavy atom. The van der Waals surface area contributed by atoms with E-state index in [1.807, 2.05) is 43.3 Å². The van der Waals surface area contributed by atoms with Crippen LogP contribution in [-0.4, -0.2) is 29.7 Å². The van der Waals surface area contributed by atoms with Gasteiger partial charge in [0.1, 0.15) is 6.04 Å². The lowest BCUT2D eigenvalue weighted by molar-refractivity contribution is -0.138. The van der Waals surface area contributed by atoms with E-state index in [1.165, 1.54) is 0 Å². The average Bonchev–Trinajstić information content (AvgIpc) is 2.56. The van der Waals surface area contributed by atoms with Gasteiger partial charge in [-0.1, -0.05) is 36.4 Å². The molecule has 2 aromatic carbocycles. The Morgan fingerprint density at radius 3 is 2.42 bits per heavy atom. The fourth-order valence-corrected chi connectivity index (χ4v) is 2.54. The highest BCUT2D eigenvalue weighted by atomic mass is 16.5. The molecule has 1 atom stereocenters. The van der Waals surface area contributed by atoms with Crippen molar-refractivity contribution in [3.05, 3.63) is 59.2 Å². The second-order valence-electron chi connectivity index (χ2n) is 5.54. The largest absolute Gasteiger partial charge is 0.480 e. The number of hydrogen-bond donors (Lipinski definition) is 2. The van der Waals surface area contributed by atoms with Crippen LogP contribution in [0.15, 0.2) is 42.5 Å². The zero-order valence-electron chi connectivity index (χ0n) is 13.8. The van der Waals surface area contributed by atoms with E-state index in [9.17, 15) is 9.59 Å². The molecule has 126 valence electrons. The molecule has 2 rings (SSSR count). The van der Waals surface area contributed by atoms with Crippen molar-refractivity contribution in [1.29, 1.82) is 0 Å². The van der Waals surface area contributed by atoms with Crippen LogP contribution >= 0.6 is 0 Å². The fourth-order valence-electron chi connectivity index (χ4n) is 2.54. The number of carbonyl (C=O) groups is 2. The molecular formula is C19H21NO4. The summed E-state index contributed by atoms with van der Waals surface area (Å²) in [5, 5.41) is 8.87. The maximum atomic E-state index is 12.0. The second-order valence-corrected chi connectivity index (χ2v) is 5.54. The summed E-state index contributed by atoms with van der Waals surface area (Å²) in [6, 6.07) is 12.1. The smallest absolute Gasteiger partial charge is 0.338 e. The summed E-state index contributed by atoms with van der Waals surface area (Å²) in [5.41, 5.74) is 9.70. The third kappa shape index (κ3) is 4.00. The Labute approximate surface area is 141 Å². The molecule has 0 fully saturated rings. The van der Waals surface area contributed by atoms with Crippen LogP contribution in [0.2, 0.25) is 0 Å². The third-order valence-corrected chi connectivity index (χ3v) is 3.87. The van der Waals surface area contributed by atoms with Gasteiger partial charge in [-0.15, -0.1) is 0 Å². The van der Waals surface area contributed by atoms with Gasteiger partial charge in [-0.2, -0.15) is 0 Å². The molecule has 24 heavy (non-hydrogen) atoms. The second kappa shape index (κ2) is 7.75. The highest BCUT2D eigenvalue weighted by Gasteiger charge is 2.14. The van der Waals surface area contributed by atoms with Gasteiger partial charge < -0.3 is 15.6 Å². The standard InChI is InChI=1S/C19H21NO4/c1-3-24-19(23)16-6-4-5-15(12(16)2)14-9-7-13(8-10-14)11-17(20)18(21)22/h4-10,17H,3,11,20H2,1-2H3,(H,21,22)/t17-/m0/s1. The number of ether oxygens (including phenoxy) is 1. The molecule has 3 N–H and O–H groups in total. The van der Waals surface area contributed by atoms with E-state index in [-0.39, 0.29) is 12.4 Å². The number of esters is 1. The van der Waals surface area contributed by atoms with E-state index < -0.39 is 12.0 Å². The van der Waals surface area contributed by atoms with Crippen molar-refractivity contribution in [2.75, 3.05) is 6.61 Å². The van der Waals surface area contributed by atoms with Crippen LogP contribution < -0.4 is 5.73 Å². The van der Waals surface area contributed by atoms with Gasteiger partial charge in [0.15, 0.2) is 0 Å². The SMILES string of the molecule is CCOC(=O)c1cccc(-c2ccc(C[C@H](N)C(=O)O)cc2)c1C. The molecule has 0 saturated heterocycles. The number of rotatable bonds is 6. The Bertz CT molecular complexity index is 738. The number of carboxylic acid groups (broad SMARTS) is 1. The summed E-state index contributed by atoms with van der Waals surface area (Å²) >= 11 is 0. The summed E-state index contributed by atoms with van der Waals surface area (Å²) in [6.45, 7) is 3.99. The minimum atomic E-state index is -1.02. The van der Waals surface area contributed by atoms with Crippen molar-refractivity contribution in [3.8, 4) is 11.1 Å². The number of aliphatic carboxylic acids is 1. The van der Waals surface area contributed by atoms with Crippen LogP contribution in [0.4, 0.5) is 0 Å². The first-order chi connectivity index (χ1) is 11.4. The molecule has 0 aliphatic carbocycles. The predicted octanol–water partition coefficient (Wildman–Crippen LogP) is 2.79. The van der Waals surface area contributed by atoms with E-state index in [1.54, 1.807) is 13.0 Å². The van der Waals surface area contributed by atoms with Crippen molar-refractivity contribution < 1.29 is 19.4 Å². The van der Waals surface area contributed by atoms with E-state index in [4.69, 9.17) is 15.6 Å². The molecule has 2 aromatic rings. The first kappa shape index (κ1) is 17.7. The molecule has 0 bridgehead atoms. The number of carbonyl (C=O) groups excluding carboxylic acids is 1. The third-order valence-electron chi connectivity index (χ3n) is 3.87. The van der Waals surface area contributed by atoms with Gasteiger partial charge in [0.2, 0.25) is 0 Å². The van der Waals surface area contributed by atoms with Gasteiger partial charge in [0.05, 0.1) is 12.2 Å². The number of carboxylic acids is 1. The van der Waals surface area contributed by atoms with Crippen LogP contribution in [0.5, 0.6) is 0 Å². The van der Waals surface area contributed by atoms with E-state index in [2.05, 4.69) is 0 Å². The van der Waals surface area contributed by atoms with Gasteiger partial charge in [-0.05, 0) is 48.6 Å². The lowest BCUT2D eigenvalue weighted by Gasteiger charge is -2.12. The predicted molar refractivity (Wildman–Crippen MR) is 91.9 cm³/mol. The maximum absolute atomic E-state index is 12.0. The van der Waals surface area contributed by atoms with Gasteiger partial charge in [-0.25, -0.2) is 4.79 Å². The highest BCUT2D eigenvalue weighted by Crippen LogP contribution is 2.26. The van der Waals surface area contributed by atoms with Crippen LogP contribution in [0.3, 0.4) is 0 Å². The Hall–Kier alpha value is -2.66. The van der Waals surface area contributed by atoms with Crippen molar-refractivity contribution in [3.63, 3.8) is 0 Å². The molecule has 0 aliphatic heterocycles. The van der Waals surface area contributed by atoms with Crippen molar-refractivity contribution in [1.82, 2.24) is 0 Å². The van der Waals surface area contributed by atoms with Crippen molar-refractivity contribution in [2.45, 2.75) is 26.3 Å². The number of nitrogens with two attached hydrogens (primary N) is 1. The zero-order chi connectivity index (χ0) is 17.7. The highest BCUT2D eigenvalue weighted by molar-refractivity contribution is 5.93. The minimum Gasteiger partial charge on any atom is -0.480 e. The monoisotopic (exact) mass is 327 g/mol. The molecule has 0 aromatic heterocycles. The summed E-state index contributed by atoms with van der Waals surface area (Å²) in [5.74, 6) is -1.35. The molecule has 0 spiro atoms. The molecule has 0 radical (unpaired) electrons. The Kier molecular flexibility index (Phi) is 5.71. The first-order valence-electron chi connectivity index (χ1n) is 7.78. The lowest BCUT2D eigenvalue weighted by Crippen LogP contribution is -2.32. The summed E-state index contributed by atoms with van der Waals surface area (Å²) in [6.07, 6.45) is 0.275. The van der Waals surface area contributed by atoms with Crippen LogP contribution in [0, 0.1) is 6.92 Å². The van der Waals surface area contributed by atoms with E-state index in [0.717, 1.165) is 22.3 Å². The quantitative estimate of drug-likeness (QED) is 0.796. The van der Waals surface area contributed by atoms with E-state index in [0.29, 0.717) is 12.2 Å². The fraction of sp³-hybridized carbons (Fsp3) is 0.263. The molecular weight excluding hydrogens is 306 g/mol. The summed E-state index contributed by atoms with van der Waals surface area (Å²) < 4.78 is 5.08. The van der Waals surface area contributed by atoms with E-state index >= 15 is 0 Å². The van der Waals surface area contributed by atoms with Gasteiger partial charge in [0.25, 0.3) is 0 Å². The Morgan fingerprint density at radius 2 is 1.83 bits per heavy atom. The summed E-state index contributed by atoms with van der Waals surface area (Å²) in [7, 11) is 0. The summed E-state index contributed by atoms with van der Waals surface area (Å²) in [4.78, 5) is 22.8. The van der Waals surface area contributed by atoms with Crippen LogP contribution in [-0.2, 0) is 16.0 Å². The molecule has 0 amide bonds. The average molecular weight is 327 g/mol.